The first-order valence-electron chi connectivity index (χ1n) is 8.54. The lowest BCUT2D eigenvalue weighted by atomic mass is 9.96. The second kappa shape index (κ2) is 6.29. The summed E-state index contributed by atoms with van der Waals surface area (Å²) in [5.74, 6) is 0.713. The van der Waals surface area contributed by atoms with Gasteiger partial charge in [0.15, 0.2) is 6.29 Å². The van der Waals surface area contributed by atoms with Crippen molar-refractivity contribution in [3.8, 4) is 16.9 Å². The number of benzene rings is 2. The van der Waals surface area contributed by atoms with Gasteiger partial charge in [0.25, 0.3) is 0 Å². The predicted octanol–water partition coefficient (Wildman–Crippen LogP) is 2.90. The van der Waals surface area contributed by atoms with Gasteiger partial charge in [-0.25, -0.2) is 0 Å². The van der Waals surface area contributed by atoms with E-state index in [-0.39, 0.29) is 0 Å². The molecule has 2 aliphatic rings. The van der Waals surface area contributed by atoms with Gasteiger partial charge in [0.05, 0.1) is 7.11 Å². The van der Waals surface area contributed by atoms with Crippen molar-refractivity contribution in [3.63, 3.8) is 0 Å². The van der Waals surface area contributed by atoms with Gasteiger partial charge in [-0.05, 0) is 48.7 Å². The minimum Gasteiger partial charge on any atom is -0.497 e. The molecule has 0 amide bonds. The molecule has 4 rings (SSSR count). The number of carbonyl (C=O) groups is 1. The smallest absolute Gasteiger partial charge is 0.150 e. The zero-order valence-corrected chi connectivity index (χ0v) is 13.9. The maximum atomic E-state index is 11.6. The molecule has 1 saturated heterocycles. The number of para-hydroxylation sites is 1. The molecule has 2 aliphatic heterocycles. The number of nitrogens with one attached hydrogen (secondary N) is 1. The number of aldehydes is 1. The van der Waals surface area contributed by atoms with E-state index in [4.69, 9.17) is 4.74 Å². The van der Waals surface area contributed by atoms with Crippen LogP contribution in [0.2, 0.25) is 0 Å². The third-order valence-electron chi connectivity index (χ3n) is 5.16. The van der Waals surface area contributed by atoms with Crippen LogP contribution in [-0.2, 0) is 6.42 Å². The van der Waals surface area contributed by atoms with E-state index in [0.717, 1.165) is 49.9 Å². The lowest BCUT2D eigenvalue weighted by Crippen LogP contribution is -2.33. The Morgan fingerprint density at radius 2 is 2.12 bits per heavy atom. The van der Waals surface area contributed by atoms with E-state index in [1.165, 1.54) is 11.3 Å². The fourth-order valence-electron chi connectivity index (χ4n) is 4.02. The standard InChI is InChI=1S/C20H22N2O2/c1-24-17-5-6-18(15(12-17)13-23)19-4-2-3-14-11-16-7-8-21-9-10-22(16)20(14)19/h2-6,12-13,16,21H,7-11H2,1H3. The molecule has 0 aliphatic carbocycles. The number of carbonyl (C=O) groups excluding carboxylic acids is 1. The van der Waals surface area contributed by atoms with E-state index >= 15 is 0 Å². The fraction of sp³-hybridized carbons (Fsp3) is 0.350. The van der Waals surface area contributed by atoms with E-state index in [0.29, 0.717) is 17.4 Å². The highest BCUT2D eigenvalue weighted by molar-refractivity contribution is 5.93. The van der Waals surface area contributed by atoms with Crippen LogP contribution in [0.15, 0.2) is 36.4 Å². The van der Waals surface area contributed by atoms with E-state index in [2.05, 4.69) is 28.4 Å². The Kier molecular flexibility index (Phi) is 3.98. The van der Waals surface area contributed by atoms with E-state index in [1.807, 2.05) is 18.2 Å². The molecule has 24 heavy (non-hydrogen) atoms. The third kappa shape index (κ3) is 2.47. The molecule has 2 heterocycles. The molecule has 0 radical (unpaired) electrons. The summed E-state index contributed by atoms with van der Waals surface area (Å²) in [6.07, 6.45) is 3.18. The molecule has 0 bridgehead atoms. The topological polar surface area (TPSA) is 41.6 Å². The van der Waals surface area contributed by atoms with Crippen molar-refractivity contribution < 1.29 is 9.53 Å². The average Bonchev–Trinajstić information content (AvgIpc) is 2.82. The molecule has 4 heteroatoms. The molecule has 0 spiro atoms. The van der Waals surface area contributed by atoms with Gasteiger partial charge in [-0.3, -0.25) is 4.79 Å². The quantitative estimate of drug-likeness (QED) is 0.882. The van der Waals surface area contributed by atoms with Crippen molar-refractivity contribution in [1.29, 1.82) is 0 Å². The Balaban J connectivity index is 1.84. The number of ether oxygens (including phenoxy) is 1. The van der Waals surface area contributed by atoms with Gasteiger partial charge in [0.1, 0.15) is 5.75 Å². The summed E-state index contributed by atoms with van der Waals surface area (Å²) in [5, 5.41) is 3.49. The van der Waals surface area contributed by atoms with Gasteiger partial charge in [0.2, 0.25) is 0 Å². The van der Waals surface area contributed by atoms with Crippen LogP contribution >= 0.6 is 0 Å². The summed E-state index contributed by atoms with van der Waals surface area (Å²) in [6.45, 7) is 3.10. The number of rotatable bonds is 3. The molecule has 1 atom stereocenters. The van der Waals surface area contributed by atoms with Gasteiger partial charge in [-0.2, -0.15) is 0 Å². The number of methoxy groups -OCH3 is 1. The van der Waals surface area contributed by atoms with Gasteiger partial charge >= 0.3 is 0 Å². The Labute approximate surface area is 142 Å². The highest BCUT2D eigenvalue weighted by Gasteiger charge is 2.32. The summed E-state index contributed by atoms with van der Waals surface area (Å²) in [7, 11) is 1.62. The molecule has 2 aromatic rings. The van der Waals surface area contributed by atoms with Crippen molar-refractivity contribution in [2.24, 2.45) is 0 Å². The van der Waals surface area contributed by atoms with Crippen LogP contribution in [0.5, 0.6) is 5.75 Å². The van der Waals surface area contributed by atoms with Crippen LogP contribution in [0.3, 0.4) is 0 Å². The summed E-state index contributed by atoms with van der Waals surface area (Å²) in [4.78, 5) is 14.2. The molecule has 4 nitrogen and oxygen atoms in total. The first-order valence-corrected chi connectivity index (χ1v) is 8.54. The van der Waals surface area contributed by atoms with Gasteiger partial charge in [-0.1, -0.05) is 18.2 Å². The highest BCUT2D eigenvalue weighted by atomic mass is 16.5. The van der Waals surface area contributed by atoms with Gasteiger partial charge in [0, 0.05) is 35.9 Å². The van der Waals surface area contributed by atoms with Crippen molar-refractivity contribution in [1.82, 2.24) is 5.32 Å². The molecule has 2 aromatic carbocycles. The zero-order valence-electron chi connectivity index (χ0n) is 13.9. The molecule has 1 unspecified atom stereocenters. The Morgan fingerprint density at radius 3 is 2.96 bits per heavy atom. The summed E-state index contributed by atoms with van der Waals surface area (Å²) in [6, 6.07) is 12.8. The lowest BCUT2D eigenvalue weighted by Gasteiger charge is -2.27. The number of hydrogen-bond donors (Lipinski definition) is 1. The second-order valence-electron chi connectivity index (χ2n) is 6.47. The Bertz CT molecular complexity index is 772. The Morgan fingerprint density at radius 1 is 1.21 bits per heavy atom. The molecule has 0 saturated carbocycles. The highest BCUT2D eigenvalue weighted by Crippen LogP contribution is 2.42. The van der Waals surface area contributed by atoms with E-state index in [1.54, 1.807) is 7.11 Å². The van der Waals surface area contributed by atoms with Crippen molar-refractivity contribution in [3.05, 3.63) is 47.5 Å². The Hall–Kier alpha value is -2.33. The molecule has 124 valence electrons. The van der Waals surface area contributed by atoms with Crippen molar-refractivity contribution >= 4 is 12.0 Å². The SMILES string of the molecule is COc1ccc(-c2cccc3c2N2CCNCCC2C3)c(C=O)c1. The van der Waals surface area contributed by atoms with Gasteiger partial charge < -0.3 is 15.0 Å². The van der Waals surface area contributed by atoms with Crippen molar-refractivity contribution in [2.45, 2.75) is 18.9 Å². The molecular weight excluding hydrogens is 300 g/mol. The molecule has 1 N–H and O–H groups in total. The zero-order chi connectivity index (χ0) is 16.5. The largest absolute Gasteiger partial charge is 0.497 e. The summed E-state index contributed by atoms with van der Waals surface area (Å²) < 4.78 is 5.27. The van der Waals surface area contributed by atoms with Crippen LogP contribution in [0.4, 0.5) is 5.69 Å². The third-order valence-corrected chi connectivity index (χ3v) is 5.16. The maximum Gasteiger partial charge on any atom is 0.150 e. The normalized spacial score (nSPS) is 19.4. The van der Waals surface area contributed by atoms with Crippen LogP contribution in [-0.4, -0.2) is 39.1 Å². The second-order valence-corrected chi connectivity index (χ2v) is 6.47. The van der Waals surface area contributed by atoms with Crippen LogP contribution in [0.1, 0.15) is 22.3 Å². The number of fused-ring (bicyclic) bond motifs is 3. The summed E-state index contributed by atoms with van der Waals surface area (Å²) >= 11 is 0. The fourth-order valence-corrected chi connectivity index (χ4v) is 4.02. The average molecular weight is 322 g/mol. The predicted molar refractivity (Wildman–Crippen MR) is 96.1 cm³/mol. The van der Waals surface area contributed by atoms with Crippen LogP contribution in [0.25, 0.3) is 11.1 Å². The van der Waals surface area contributed by atoms with Gasteiger partial charge in [-0.15, -0.1) is 0 Å². The van der Waals surface area contributed by atoms with Crippen LogP contribution in [0, 0.1) is 0 Å². The summed E-state index contributed by atoms with van der Waals surface area (Å²) in [5.41, 5.74) is 5.52. The van der Waals surface area contributed by atoms with E-state index < -0.39 is 0 Å². The first-order chi connectivity index (χ1) is 11.8. The van der Waals surface area contributed by atoms with Crippen LogP contribution < -0.4 is 15.0 Å². The number of nitrogens with zero attached hydrogens (tertiary/aromatic N) is 1. The first kappa shape index (κ1) is 15.2. The molecular formula is C20H22N2O2. The number of hydrogen-bond acceptors (Lipinski definition) is 4. The van der Waals surface area contributed by atoms with Crippen molar-refractivity contribution in [2.75, 3.05) is 31.6 Å². The molecule has 0 aromatic heterocycles. The minimum absolute atomic E-state index is 0.564. The maximum absolute atomic E-state index is 11.6. The molecule has 1 fully saturated rings. The van der Waals surface area contributed by atoms with E-state index in [9.17, 15) is 4.79 Å². The number of anilines is 1. The minimum atomic E-state index is 0.564. The lowest BCUT2D eigenvalue weighted by molar-refractivity contribution is 0.112. The monoisotopic (exact) mass is 322 g/mol.